The summed E-state index contributed by atoms with van der Waals surface area (Å²) < 4.78 is 11.1. The highest BCUT2D eigenvalue weighted by Gasteiger charge is 2.36. The first-order valence-corrected chi connectivity index (χ1v) is 9.58. The number of benzene rings is 2. The number of nitrogens with zero attached hydrogens (tertiary/aromatic N) is 2. The number of carbonyl (C=O) groups is 2. The van der Waals surface area contributed by atoms with E-state index in [9.17, 15) is 9.59 Å². The second-order valence-electron chi connectivity index (χ2n) is 7.23. The standard InChI is InChI=1S/C22H24N2O4/c1-15-7-3-4-9-18(15)24(22(26)19-10-6-12-23(19)16(2)25)13-17-8-5-11-20-21(17)28-14-27-20/h3-5,7-9,11,19H,6,10,12-14H2,1-2H3/t19-/m0/s1. The first-order chi connectivity index (χ1) is 13.6. The number of anilines is 1. The van der Waals surface area contributed by atoms with Gasteiger partial charge in [-0.15, -0.1) is 0 Å². The summed E-state index contributed by atoms with van der Waals surface area (Å²) in [6.07, 6.45) is 1.53. The van der Waals surface area contributed by atoms with Gasteiger partial charge in [-0.3, -0.25) is 9.59 Å². The van der Waals surface area contributed by atoms with Crippen LogP contribution in [0.2, 0.25) is 0 Å². The molecule has 1 fully saturated rings. The van der Waals surface area contributed by atoms with Crippen LogP contribution in [0.3, 0.4) is 0 Å². The molecule has 6 heteroatoms. The van der Waals surface area contributed by atoms with E-state index in [-0.39, 0.29) is 18.6 Å². The zero-order valence-corrected chi connectivity index (χ0v) is 16.2. The molecule has 0 spiro atoms. The number of hydrogen-bond donors (Lipinski definition) is 0. The Morgan fingerprint density at radius 1 is 1.14 bits per heavy atom. The van der Waals surface area contributed by atoms with E-state index in [1.165, 1.54) is 6.92 Å². The number of amides is 2. The molecule has 4 rings (SSSR count). The minimum Gasteiger partial charge on any atom is -0.454 e. The van der Waals surface area contributed by atoms with Gasteiger partial charge in [0.2, 0.25) is 18.6 Å². The van der Waals surface area contributed by atoms with Gasteiger partial charge in [-0.2, -0.15) is 0 Å². The van der Waals surface area contributed by atoms with Gasteiger partial charge in [-0.1, -0.05) is 30.3 Å². The lowest BCUT2D eigenvalue weighted by molar-refractivity contribution is -0.135. The third-order valence-corrected chi connectivity index (χ3v) is 5.42. The predicted octanol–water partition coefficient (Wildman–Crippen LogP) is 3.27. The Balaban J connectivity index is 1.71. The molecule has 1 atom stereocenters. The fourth-order valence-electron chi connectivity index (χ4n) is 4.01. The van der Waals surface area contributed by atoms with E-state index in [0.717, 1.165) is 23.2 Å². The molecule has 2 aliphatic rings. The molecule has 0 radical (unpaired) electrons. The van der Waals surface area contributed by atoms with Gasteiger partial charge < -0.3 is 19.3 Å². The van der Waals surface area contributed by atoms with Crippen molar-refractivity contribution in [2.24, 2.45) is 0 Å². The van der Waals surface area contributed by atoms with Crippen molar-refractivity contribution in [1.82, 2.24) is 4.90 Å². The van der Waals surface area contributed by atoms with Crippen molar-refractivity contribution in [2.75, 3.05) is 18.2 Å². The number of aryl methyl sites for hydroxylation is 1. The first kappa shape index (κ1) is 18.3. The van der Waals surface area contributed by atoms with Crippen LogP contribution in [0.4, 0.5) is 5.69 Å². The summed E-state index contributed by atoms with van der Waals surface area (Å²) in [5, 5.41) is 0. The molecule has 146 valence electrons. The molecule has 1 saturated heterocycles. The van der Waals surface area contributed by atoms with Crippen molar-refractivity contribution >= 4 is 17.5 Å². The van der Waals surface area contributed by atoms with Gasteiger partial charge in [-0.05, 0) is 37.5 Å². The number of fused-ring (bicyclic) bond motifs is 1. The summed E-state index contributed by atoms with van der Waals surface area (Å²) in [7, 11) is 0. The summed E-state index contributed by atoms with van der Waals surface area (Å²) in [6.45, 7) is 4.69. The Morgan fingerprint density at radius 2 is 1.96 bits per heavy atom. The molecule has 0 aliphatic carbocycles. The van der Waals surface area contributed by atoms with Crippen molar-refractivity contribution in [3.63, 3.8) is 0 Å². The van der Waals surface area contributed by atoms with Crippen LogP contribution in [-0.2, 0) is 16.1 Å². The van der Waals surface area contributed by atoms with Gasteiger partial charge in [0.25, 0.3) is 0 Å². The third-order valence-electron chi connectivity index (χ3n) is 5.42. The summed E-state index contributed by atoms with van der Waals surface area (Å²) in [5.41, 5.74) is 2.74. The lowest BCUT2D eigenvalue weighted by atomic mass is 10.1. The van der Waals surface area contributed by atoms with Gasteiger partial charge in [0.15, 0.2) is 11.5 Å². The largest absolute Gasteiger partial charge is 0.454 e. The normalized spacial score (nSPS) is 17.6. The topological polar surface area (TPSA) is 59.1 Å². The van der Waals surface area contributed by atoms with E-state index in [4.69, 9.17) is 9.47 Å². The van der Waals surface area contributed by atoms with E-state index in [0.29, 0.717) is 31.0 Å². The number of hydrogen-bond acceptors (Lipinski definition) is 4. The van der Waals surface area contributed by atoms with Crippen molar-refractivity contribution in [1.29, 1.82) is 0 Å². The second kappa shape index (κ2) is 7.54. The van der Waals surface area contributed by atoms with Crippen molar-refractivity contribution in [3.8, 4) is 11.5 Å². The molecule has 28 heavy (non-hydrogen) atoms. The number of rotatable bonds is 4. The average molecular weight is 380 g/mol. The number of likely N-dealkylation sites (tertiary alicyclic amines) is 1. The van der Waals surface area contributed by atoms with E-state index in [2.05, 4.69) is 0 Å². The van der Waals surface area contributed by atoms with E-state index in [1.54, 1.807) is 9.80 Å². The molecule has 0 saturated carbocycles. The van der Waals surface area contributed by atoms with Crippen LogP contribution in [-0.4, -0.2) is 36.1 Å². The van der Waals surface area contributed by atoms with Gasteiger partial charge in [0.1, 0.15) is 6.04 Å². The predicted molar refractivity (Wildman–Crippen MR) is 105 cm³/mol. The highest BCUT2D eigenvalue weighted by atomic mass is 16.7. The fourth-order valence-corrected chi connectivity index (χ4v) is 4.01. The zero-order valence-electron chi connectivity index (χ0n) is 16.2. The Hall–Kier alpha value is -3.02. The maximum atomic E-state index is 13.6. The Morgan fingerprint density at radius 3 is 2.75 bits per heavy atom. The zero-order chi connectivity index (χ0) is 19.7. The SMILES string of the molecule is CC(=O)N1CCC[C@H]1C(=O)N(Cc1cccc2c1OCO2)c1ccccc1C. The highest BCUT2D eigenvalue weighted by Crippen LogP contribution is 2.37. The van der Waals surface area contributed by atoms with E-state index >= 15 is 0 Å². The first-order valence-electron chi connectivity index (χ1n) is 9.58. The molecular formula is C22H24N2O4. The summed E-state index contributed by atoms with van der Waals surface area (Å²) in [5.74, 6) is 1.26. The molecule has 0 aromatic heterocycles. The van der Waals surface area contributed by atoms with E-state index in [1.807, 2.05) is 49.4 Å². The Kier molecular flexibility index (Phi) is 4.94. The smallest absolute Gasteiger partial charge is 0.250 e. The van der Waals surface area contributed by atoms with Gasteiger partial charge in [0.05, 0.1) is 6.54 Å². The van der Waals surface area contributed by atoms with Gasteiger partial charge in [0, 0.05) is 24.7 Å². The van der Waals surface area contributed by atoms with Crippen LogP contribution < -0.4 is 14.4 Å². The molecule has 2 amide bonds. The fraction of sp³-hybridized carbons (Fsp3) is 0.364. The molecule has 2 aromatic carbocycles. The molecule has 0 N–H and O–H groups in total. The molecule has 2 aliphatic heterocycles. The van der Waals surface area contributed by atoms with Crippen LogP contribution in [0.1, 0.15) is 30.9 Å². The monoisotopic (exact) mass is 380 g/mol. The van der Waals surface area contributed by atoms with E-state index < -0.39 is 6.04 Å². The quantitative estimate of drug-likeness (QED) is 0.817. The van der Waals surface area contributed by atoms with Crippen LogP contribution in [0.15, 0.2) is 42.5 Å². The van der Waals surface area contributed by atoms with Crippen LogP contribution in [0, 0.1) is 6.92 Å². The number of ether oxygens (including phenoxy) is 2. The summed E-state index contributed by atoms with van der Waals surface area (Å²) >= 11 is 0. The molecule has 0 bridgehead atoms. The molecule has 6 nitrogen and oxygen atoms in total. The second-order valence-corrected chi connectivity index (χ2v) is 7.23. The van der Waals surface area contributed by atoms with Gasteiger partial charge >= 0.3 is 0 Å². The van der Waals surface area contributed by atoms with Crippen molar-refractivity contribution in [3.05, 3.63) is 53.6 Å². The summed E-state index contributed by atoms with van der Waals surface area (Å²) in [6, 6.07) is 13.1. The molecule has 0 unspecified atom stereocenters. The van der Waals surface area contributed by atoms with Crippen LogP contribution >= 0.6 is 0 Å². The summed E-state index contributed by atoms with van der Waals surface area (Å²) in [4.78, 5) is 29.1. The lowest BCUT2D eigenvalue weighted by Crippen LogP contribution is -2.47. The maximum Gasteiger partial charge on any atom is 0.250 e. The van der Waals surface area contributed by atoms with Crippen LogP contribution in [0.25, 0.3) is 0 Å². The Labute approximate surface area is 164 Å². The van der Waals surface area contributed by atoms with Gasteiger partial charge in [-0.25, -0.2) is 0 Å². The number of carbonyl (C=O) groups excluding carboxylic acids is 2. The molecule has 2 aromatic rings. The third kappa shape index (κ3) is 3.30. The lowest BCUT2D eigenvalue weighted by Gasteiger charge is -2.31. The Bertz CT molecular complexity index is 911. The van der Waals surface area contributed by atoms with Crippen LogP contribution in [0.5, 0.6) is 11.5 Å². The molecular weight excluding hydrogens is 356 g/mol. The number of para-hydroxylation sites is 2. The minimum absolute atomic E-state index is 0.0569. The highest BCUT2D eigenvalue weighted by molar-refractivity contribution is 5.99. The molecule has 2 heterocycles. The maximum absolute atomic E-state index is 13.6. The average Bonchev–Trinajstić information content (AvgIpc) is 3.36. The van der Waals surface area contributed by atoms with Crippen molar-refractivity contribution in [2.45, 2.75) is 39.3 Å². The minimum atomic E-state index is -0.425. The van der Waals surface area contributed by atoms with Crippen molar-refractivity contribution < 1.29 is 19.1 Å².